The number of unbranched alkanes of at least 4 members (excludes halogenated alkanes) is 2. The lowest BCUT2D eigenvalue weighted by Crippen LogP contribution is -2.63. The number of nitrogens with one attached hydrogen (secondary N) is 4. The minimum absolute atomic E-state index is 0.0584. The minimum Gasteiger partial charge on any atom is -0.480 e. The highest BCUT2D eigenvalue weighted by Crippen LogP contribution is 2.23. The van der Waals surface area contributed by atoms with E-state index in [2.05, 4.69) is 31.2 Å². The van der Waals surface area contributed by atoms with E-state index in [0.717, 1.165) is 11.9 Å². The molecule has 2 aromatic heterocycles. The van der Waals surface area contributed by atoms with Crippen LogP contribution in [0.1, 0.15) is 88.8 Å². The first kappa shape index (κ1) is 49.5. The van der Waals surface area contributed by atoms with Crippen molar-refractivity contribution in [2.45, 2.75) is 127 Å². The highest BCUT2D eigenvalue weighted by molar-refractivity contribution is 5.97. The van der Waals surface area contributed by atoms with Crippen molar-refractivity contribution < 1.29 is 42.7 Å². The van der Waals surface area contributed by atoms with Gasteiger partial charge in [-0.3, -0.25) is 33.9 Å². The summed E-state index contributed by atoms with van der Waals surface area (Å²) in [7, 11) is 2.65. The van der Waals surface area contributed by atoms with Gasteiger partial charge in [0.25, 0.3) is 17.6 Å². The van der Waals surface area contributed by atoms with Crippen LogP contribution in [0.5, 0.6) is 0 Å². The van der Waals surface area contributed by atoms with Gasteiger partial charge in [-0.1, -0.05) is 93.4 Å². The number of nitrogens with zero attached hydrogens (tertiary/aromatic N) is 4. The summed E-state index contributed by atoms with van der Waals surface area (Å²) in [4.78, 5) is 90.8. The van der Waals surface area contributed by atoms with Gasteiger partial charge in [-0.05, 0) is 55.1 Å². The standard InChI is InChI=1S/C44H60F2N8O7/c1-6-9-21-33(50-40(57)36(26-31-19-14-23-48-28-31)54(46)41(58)34(47-4)16-8-3)38(55)51-35(25-30-17-12-11-13-18-30)39(56)52-44(45,22-10-7-2)43(61)53(5)37(42(59)60)27-32-20-15-24-49-29-32/h11-15,17-20,23-24,28-29,33-37,47H,6-10,16,21-22,25-27H2,1-5H3,(H,50,57)(H,51,55)(H,52,56)(H,59,60)/t33-,34-,35-,36-,37-,44-/m0/s1. The zero-order valence-corrected chi connectivity index (χ0v) is 35.6. The Hall–Kier alpha value is -5.84. The molecule has 0 spiro atoms. The fourth-order valence-electron chi connectivity index (χ4n) is 6.76. The average molecular weight is 851 g/mol. The molecule has 0 aliphatic rings. The largest absolute Gasteiger partial charge is 0.480 e. The van der Waals surface area contributed by atoms with Crippen LogP contribution < -0.4 is 21.3 Å². The highest BCUT2D eigenvalue weighted by Gasteiger charge is 2.46. The number of pyridine rings is 2. The van der Waals surface area contributed by atoms with Crippen molar-refractivity contribution in [3.05, 3.63) is 96.1 Å². The van der Waals surface area contributed by atoms with Crippen LogP contribution >= 0.6 is 0 Å². The van der Waals surface area contributed by atoms with Gasteiger partial charge in [0.15, 0.2) is 0 Å². The molecule has 0 fully saturated rings. The number of carbonyl (C=O) groups excluding carboxylic acids is 5. The fourth-order valence-corrected chi connectivity index (χ4v) is 6.76. The van der Waals surface area contributed by atoms with Gasteiger partial charge in [-0.2, -0.15) is 5.12 Å². The van der Waals surface area contributed by atoms with E-state index in [1.165, 1.54) is 31.8 Å². The number of aromatic nitrogens is 2. The zero-order chi connectivity index (χ0) is 45.0. The van der Waals surface area contributed by atoms with Gasteiger partial charge in [0.1, 0.15) is 24.2 Å². The summed E-state index contributed by atoms with van der Waals surface area (Å²) < 4.78 is 33.2. The SMILES string of the molecule is CCCC[C@H](NC(=O)[C@H](Cc1cccnc1)N(F)C(=O)[C@H](CCC)NC)C(=O)N[C@@H](Cc1ccccc1)C(=O)N[C@@](F)(CCCC)C(=O)N(C)[C@@H](Cc1cccnc1)C(=O)O. The number of hydrogen-bond acceptors (Lipinski definition) is 9. The van der Waals surface area contributed by atoms with Crippen LogP contribution in [0.15, 0.2) is 79.4 Å². The number of alkyl halides is 1. The van der Waals surface area contributed by atoms with E-state index in [9.17, 15) is 33.9 Å². The number of carboxylic acid groups (broad SMARTS) is 1. The van der Waals surface area contributed by atoms with Crippen LogP contribution in [0.4, 0.5) is 8.87 Å². The molecule has 3 rings (SSSR count). The molecular formula is C44H60F2N8O7. The maximum absolute atomic E-state index is 17.1. The fraction of sp³-hybridized carbons (Fsp3) is 0.500. The van der Waals surface area contributed by atoms with E-state index in [4.69, 9.17) is 0 Å². The quantitative estimate of drug-likeness (QED) is 0.0580. The van der Waals surface area contributed by atoms with E-state index >= 15 is 8.87 Å². The topological polar surface area (TPSA) is 203 Å². The third kappa shape index (κ3) is 15.0. The molecule has 5 amide bonds. The van der Waals surface area contributed by atoms with Gasteiger partial charge < -0.3 is 31.3 Å². The Balaban J connectivity index is 1.96. The number of rotatable bonds is 26. The third-order valence-electron chi connectivity index (χ3n) is 10.3. The summed E-state index contributed by atoms with van der Waals surface area (Å²) >= 11 is 0. The summed E-state index contributed by atoms with van der Waals surface area (Å²) in [6.45, 7) is 5.45. The molecule has 0 unspecified atom stereocenters. The van der Waals surface area contributed by atoms with Crippen molar-refractivity contribution in [1.29, 1.82) is 0 Å². The van der Waals surface area contributed by atoms with Crippen LogP contribution in [0.2, 0.25) is 0 Å². The van der Waals surface area contributed by atoms with Gasteiger partial charge in [0, 0.05) is 57.5 Å². The Bertz CT molecular complexity index is 1860. The van der Waals surface area contributed by atoms with Crippen molar-refractivity contribution in [2.24, 2.45) is 0 Å². The molecule has 6 atom stereocenters. The Kier molecular flexibility index (Phi) is 20.3. The maximum atomic E-state index is 17.1. The highest BCUT2D eigenvalue weighted by atomic mass is 19.2. The van der Waals surface area contributed by atoms with Crippen molar-refractivity contribution in [2.75, 3.05) is 14.1 Å². The molecule has 15 nitrogen and oxygen atoms in total. The molecule has 332 valence electrons. The van der Waals surface area contributed by atoms with Gasteiger partial charge in [-0.25, -0.2) is 9.18 Å². The summed E-state index contributed by atoms with van der Waals surface area (Å²) in [6.07, 6.45) is 7.26. The third-order valence-corrected chi connectivity index (χ3v) is 10.3. The minimum atomic E-state index is -3.08. The average Bonchev–Trinajstić information content (AvgIpc) is 3.26. The van der Waals surface area contributed by atoms with E-state index in [1.807, 2.05) is 13.8 Å². The predicted octanol–water partition coefficient (Wildman–Crippen LogP) is 4.02. The number of carboxylic acids is 1. The molecule has 0 saturated carbocycles. The van der Waals surface area contributed by atoms with Gasteiger partial charge in [-0.15, -0.1) is 0 Å². The normalized spacial score (nSPS) is 14.5. The Morgan fingerprint density at radius 3 is 1.80 bits per heavy atom. The van der Waals surface area contributed by atoms with Crippen LogP contribution in [0, 0.1) is 0 Å². The number of hydrogen-bond donors (Lipinski definition) is 5. The van der Waals surface area contributed by atoms with Crippen LogP contribution in [-0.4, -0.2) is 111 Å². The summed E-state index contributed by atoms with van der Waals surface area (Å²) in [5.41, 5.74) is 1.50. The molecule has 5 N–H and O–H groups in total. The predicted molar refractivity (Wildman–Crippen MR) is 225 cm³/mol. The monoisotopic (exact) mass is 850 g/mol. The Morgan fingerprint density at radius 2 is 1.28 bits per heavy atom. The van der Waals surface area contributed by atoms with Gasteiger partial charge >= 0.3 is 5.97 Å². The molecule has 0 saturated heterocycles. The Labute approximate surface area is 356 Å². The molecule has 0 radical (unpaired) electrons. The first-order valence-electron chi connectivity index (χ1n) is 20.8. The van der Waals surface area contributed by atoms with Gasteiger partial charge in [0.05, 0.1) is 6.04 Å². The molecule has 3 aromatic rings. The molecule has 0 aliphatic carbocycles. The van der Waals surface area contributed by atoms with E-state index < -0.39 is 77.9 Å². The number of aliphatic carboxylic acids is 1. The van der Waals surface area contributed by atoms with Crippen LogP contribution in [0.25, 0.3) is 0 Å². The van der Waals surface area contributed by atoms with E-state index in [0.29, 0.717) is 48.8 Å². The lowest BCUT2D eigenvalue weighted by atomic mass is 10.00. The summed E-state index contributed by atoms with van der Waals surface area (Å²) in [5.74, 6) is -9.65. The lowest BCUT2D eigenvalue weighted by Gasteiger charge is -2.34. The summed E-state index contributed by atoms with van der Waals surface area (Å²) in [5, 5.41) is 20.2. The van der Waals surface area contributed by atoms with Crippen LogP contribution in [-0.2, 0) is 48.0 Å². The number of halogens is 2. The van der Waals surface area contributed by atoms with E-state index in [1.54, 1.807) is 61.5 Å². The number of benzene rings is 1. The van der Waals surface area contributed by atoms with Crippen molar-refractivity contribution in [3.8, 4) is 0 Å². The first-order chi connectivity index (χ1) is 29.2. The van der Waals surface area contributed by atoms with Crippen molar-refractivity contribution >= 4 is 35.5 Å². The molecule has 0 aliphatic heterocycles. The molecule has 17 heteroatoms. The molecule has 1 aromatic carbocycles. The van der Waals surface area contributed by atoms with E-state index in [-0.39, 0.29) is 37.2 Å². The lowest BCUT2D eigenvalue weighted by molar-refractivity contribution is -0.161. The molecule has 61 heavy (non-hydrogen) atoms. The maximum Gasteiger partial charge on any atom is 0.326 e. The van der Waals surface area contributed by atoms with Gasteiger partial charge in [0.2, 0.25) is 17.7 Å². The Morgan fingerprint density at radius 1 is 0.705 bits per heavy atom. The second-order valence-electron chi connectivity index (χ2n) is 15.0. The van der Waals surface area contributed by atoms with Crippen LogP contribution in [0.3, 0.4) is 0 Å². The molecular weight excluding hydrogens is 791 g/mol. The second kappa shape index (κ2) is 25.1. The van der Waals surface area contributed by atoms with Crippen molar-refractivity contribution in [1.82, 2.24) is 41.3 Å². The number of amides is 5. The second-order valence-corrected chi connectivity index (χ2v) is 15.0. The summed E-state index contributed by atoms with van der Waals surface area (Å²) in [6, 6.07) is 7.99. The number of likely N-dealkylation sites (N-methyl/N-ethyl adjacent to an activating group) is 2. The van der Waals surface area contributed by atoms with Crippen molar-refractivity contribution in [3.63, 3.8) is 0 Å². The zero-order valence-electron chi connectivity index (χ0n) is 35.6. The molecule has 2 heterocycles. The first-order valence-corrected chi connectivity index (χ1v) is 20.8. The smallest absolute Gasteiger partial charge is 0.326 e. The molecule has 0 bridgehead atoms. The number of carbonyl (C=O) groups is 6.